The first-order valence-electron chi connectivity index (χ1n) is 6.11. The van der Waals surface area contributed by atoms with Gasteiger partial charge in [-0.2, -0.15) is 0 Å². The fourth-order valence-corrected chi connectivity index (χ4v) is 3.77. The summed E-state index contributed by atoms with van der Waals surface area (Å²) in [6.45, 7) is 4.46. The standard InChI is InChI=1S/C10H12.C6H4ClN.Mo/c1-10(2,3)9-7-5-4-6-8-9;7-5-3-1-2-4-6(5)8;/h1,4-8H,2-3H3;1-4H;/q;;+2. The Balaban J connectivity index is 2.25. The van der Waals surface area contributed by atoms with Crippen molar-refractivity contribution in [3.8, 4) is 0 Å². The summed E-state index contributed by atoms with van der Waals surface area (Å²) < 4.78 is 7.00. The van der Waals surface area contributed by atoms with E-state index in [1.165, 1.54) is 5.56 Å². The summed E-state index contributed by atoms with van der Waals surface area (Å²) in [7, 11) is 0. The fraction of sp³-hybridized carbons (Fsp3) is 0.188. The predicted molar refractivity (Wildman–Crippen MR) is 79.1 cm³/mol. The van der Waals surface area contributed by atoms with Gasteiger partial charge in [-0.05, 0) is 0 Å². The topological polar surface area (TPSA) is 12.4 Å². The van der Waals surface area contributed by atoms with Crippen LogP contribution >= 0.6 is 11.6 Å². The molecule has 0 spiro atoms. The van der Waals surface area contributed by atoms with Crippen molar-refractivity contribution in [1.29, 1.82) is 0 Å². The van der Waals surface area contributed by atoms with E-state index in [-0.39, 0.29) is 5.41 Å². The quantitative estimate of drug-likeness (QED) is 0.687. The van der Waals surface area contributed by atoms with Gasteiger partial charge < -0.3 is 0 Å². The van der Waals surface area contributed by atoms with Crippen LogP contribution < -0.4 is 0 Å². The molecule has 0 aliphatic carbocycles. The van der Waals surface area contributed by atoms with Crippen LogP contribution in [0, 0.1) is 0 Å². The molecule has 0 saturated heterocycles. The number of rotatable bonds is 3. The summed E-state index contributed by atoms with van der Waals surface area (Å²) in [6, 6.07) is 18.3. The second kappa shape index (κ2) is 6.50. The second-order valence-electron chi connectivity index (χ2n) is 4.85. The first kappa shape index (κ1) is 14.5. The molecular weight excluding hydrogens is 338 g/mol. The van der Waals surface area contributed by atoms with Crippen molar-refractivity contribution < 1.29 is 17.9 Å². The molecule has 0 unspecified atom stereocenters. The third kappa shape index (κ3) is 4.03. The number of halogens is 1. The van der Waals surface area contributed by atoms with E-state index in [0.717, 1.165) is 10.7 Å². The van der Waals surface area contributed by atoms with Gasteiger partial charge in [-0.3, -0.25) is 0 Å². The number of hydrogen-bond acceptors (Lipinski definition) is 1. The van der Waals surface area contributed by atoms with Crippen molar-refractivity contribution in [3.63, 3.8) is 0 Å². The van der Waals surface area contributed by atoms with E-state index in [2.05, 4.69) is 46.0 Å². The molecule has 0 aliphatic rings. The maximum atomic E-state index is 6.10. The van der Waals surface area contributed by atoms with Crippen LogP contribution in [0.25, 0.3) is 0 Å². The minimum atomic E-state index is -0.558. The third-order valence-electron chi connectivity index (χ3n) is 2.87. The molecule has 1 nitrogen and oxygen atoms in total. The molecule has 0 fully saturated rings. The zero-order chi connectivity index (χ0) is 13.7. The van der Waals surface area contributed by atoms with Gasteiger partial charge in [0.2, 0.25) is 0 Å². The zero-order valence-corrected chi connectivity index (χ0v) is 13.8. The second-order valence-corrected chi connectivity index (χ2v) is 6.81. The van der Waals surface area contributed by atoms with Gasteiger partial charge in [0.1, 0.15) is 0 Å². The van der Waals surface area contributed by atoms with Crippen LogP contribution in [0.3, 0.4) is 0 Å². The van der Waals surface area contributed by atoms with Crippen LogP contribution in [0.15, 0.2) is 58.1 Å². The normalized spacial score (nSPS) is 10.7. The summed E-state index contributed by atoms with van der Waals surface area (Å²) >= 11 is 5.55. The number of hydrogen-bond donors (Lipinski definition) is 0. The summed E-state index contributed by atoms with van der Waals surface area (Å²) in [6.07, 6.45) is 0. The summed E-state index contributed by atoms with van der Waals surface area (Å²) in [5.74, 6) is 0. The Morgan fingerprint density at radius 3 is 2.32 bits per heavy atom. The predicted octanol–water partition coefficient (Wildman–Crippen LogP) is 5.02. The van der Waals surface area contributed by atoms with Gasteiger partial charge in [0, 0.05) is 0 Å². The molecule has 0 atom stereocenters. The molecule has 2 rings (SSSR count). The van der Waals surface area contributed by atoms with Gasteiger partial charge in [-0.15, -0.1) is 0 Å². The molecule has 3 heteroatoms. The van der Waals surface area contributed by atoms with Crippen molar-refractivity contribution in [1.82, 2.24) is 0 Å². The Morgan fingerprint density at radius 1 is 1.00 bits per heavy atom. The van der Waals surface area contributed by atoms with Crippen LogP contribution in [0.5, 0.6) is 0 Å². The van der Waals surface area contributed by atoms with E-state index in [1.807, 2.05) is 30.3 Å². The van der Waals surface area contributed by atoms with Crippen LogP contribution in [-0.4, -0.2) is 4.40 Å². The molecule has 0 aliphatic heterocycles. The summed E-state index contributed by atoms with van der Waals surface area (Å²) in [5, 5.41) is 0.735. The Labute approximate surface area is 127 Å². The van der Waals surface area contributed by atoms with Crippen molar-refractivity contribution in [2.24, 2.45) is 3.50 Å². The molecule has 0 bridgehead atoms. The minimum absolute atomic E-state index is 0.0637. The summed E-state index contributed by atoms with van der Waals surface area (Å²) in [4.78, 5) is 0. The van der Waals surface area contributed by atoms with Gasteiger partial charge in [0.25, 0.3) is 0 Å². The van der Waals surface area contributed by atoms with Gasteiger partial charge in [-0.25, -0.2) is 0 Å². The monoisotopic (exact) mass is 355 g/mol. The number of nitrogens with zero attached hydrogens (tertiary/aromatic N) is 1. The van der Waals surface area contributed by atoms with Gasteiger partial charge in [0.05, 0.1) is 0 Å². The van der Waals surface area contributed by atoms with E-state index in [4.69, 9.17) is 11.6 Å². The summed E-state index contributed by atoms with van der Waals surface area (Å²) in [5.41, 5.74) is 2.30. The van der Waals surface area contributed by atoms with E-state index < -0.39 is 17.9 Å². The Morgan fingerprint density at radius 2 is 1.63 bits per heavy atom. The average molecular weight is 354 g/mol. The van der Waals surface area contributed by atoms with Gasteiger partial charge >= 0.3 is 128 Å². The van der Waals surface area contributed by atoms with E-state index >= 15 is 0 Å². The van der Waals surface area contributed by atoms with Crippen LogP contribution in [0.4, 0.5) is 5.69 Å². The molecule has 0 radical (unpaired) electrons. The van der Waals surface area contributed by atoms with E-state index in [0.29, 0.717) is 0 Å². The molecule has 0 amide bonds. The van der Waals surface area contributed by atoms with Crippen LogP contribution in [0.1, 0.15) is 19.4 Å². The Bertz CT molecular complexity index is 614. The SMILES string of the molecule is CC(C)([CH]=[Mo+2]=[N]c1ccccc1Cl)c1ccccc1. The Hall–Kier alpha value is -0.912. The van der Waals surface area contributed by atoms with E-state index in [1.54, 1.807) is 0 Å². The van der Waals surface area contributed by atoms with Gasteiger partial charge in [0.15, 0.2) is 0 Å². The molecular formula is C16H16ClMoN+2. The first-order chi connectivity index (χ1) is 9.09. The van der Waals surface area contributed by atoms with E-state index in [9.17, 15) is 0 Å². The molecule has 0 N–H and O–H groups in total. The van der Waals surface area contributed by atoms with Crippen molar-refractivity contribution in [2.45, 2.75) is 19.3 Å². The molecule has 96 valence electrons. The van der Waals surface area contributed by atoms with Gasteiger partial charge in [-0.1, -0.05) is 0 Å². The average Bonchev–Trinajstić information content (AvgIpc) is 2.42. The number of benzene rings is 2. The van der Waals surface area contributed by atoms with Crippen LogP contribution in [-0.2, 0) is 23.3 Å². The molecule has 2 aromatic carbocycles. The molecule has 0 heterocycles. The molecule has 2 aromatic rings. The fourth-order valence-electron chi connectivity index (χ4n) is 1.68. The zero-order valence-electron chi connectivity index (χ0n) is 11.0. The Kier molecular flexibility index (Phi) is 4.96. The molecule has 0 aromatic heterocycles. The first-order valence-corrected chi connectivity index (χ1v) is 8.54. The molecule has 0 saturated carbocycles. The van der Waals surface area contributed by atoms with Crippen LogP contribution in [0.2, 0.25) is 5.02 Å². The third-order valence-corrected chi connectivity index (χ3v) is 5.64. The van der Waals surface area contributed by atoms with Crippen molar-refractivity contribution in [3.05, 3.63) is 65.2 Å². The maximum absolute atomic E-state index is 6.10. The molecule has 19 heavy (non-hydrogen) atoms. The van der Waals surface area contributed by atoms with Crippen molar-refractivity contribution >= 4 is 21.7 Å². The van der Waals surface area contributed by atoms with Crippen molar-refractivity contribution in [2.75, 3.05) is 0 Å².